The minimum Gasteiger partial charge on any atom is -0.455 e. The van der Waals surface area contributed by atoms with Gasteiger partial charge in [0.25, 0.3) is 11.7 Å². The van der Waals surface area contributed by atoms with Gasteiger partial charge in [0.1, 0.15) is 5.82 Å². The third-order valence-electron chi connectivity index (χ3n) is 5.11. The number of fused-ring (bicyclic) bond motifs is 1. The predicted octanol–water partition coefficient (Wildman–Crippen LogP) is 1.77. The van der Waals surface area contributed by atoms with Crippen molar-refractivity contribution in [1.82, 2.24) is 24.7 Å². The number of amides is 1. The fraction of sp³-hybridized carbons (Fsp3) is 0.611. The molecule has 1 aliphatic rings. The number of piperidine rings is 1. The van der Waals surface area contributed by atoms with E-state index >= 15 is 0 Å². The normalized spacial score (nSPS) is 15.4. The van der Waals surface area contributed by atoms with E-state index in [1.807, 2.05) is 13.8 Å². The first kappa shape index (κ1) is 21.8. The molecule has 0 aromatic carbocycles. The average Bonchev–Trinajstić information content (AvgIpc) is 3.17. The van der Waals surface area contributed by atoms with Crippen LogP contribution in [-0.4, -0.2) is 69.4 Å². The summed E-state index contributed by atoms with van der Waals surface area (Å²) in [5, 5.41) is 10.7. The van der Waals surface area contributed by atoms with E-state index in [2.05, 4.69) is 15.3 Å². The maximum atomic E-state index is 13.0. The largest absolute Gasteiger partial charge is 0.455 e. The Labute approximate surface area is 170 Å². The van der Waals surface area contributed by atoms with Crippen LogP contribution in [0.25, 0.3) is 5.65 Å². The number of anilines is 1. The van der Waals surface area contributed by atoms with Crippen molar-refractivity contribution in [1.29, 1.82) is 0 Å². The van der Waals surface area contributed by atoms with E-state index in [0.29, 0.717) is 49.4 Å². The molecule has 9 nitrogen and oxygen atoms in total. The molecule has 1 saturated heterocycles. The molecule has 30 heavy (non-hydrogen) atoms. The Hall–Kier alpha value is -2.92. The monoisotopic (exact) mass is 428 g/mol. The molecule has 1 fully saturated rings. The lowest BCUT2D eigenvalue weighted by molar-refractivity contribution is -0.156. The van der Waals surface area contributed by atoms with E-state index in [-0.39, 0.29) is 24.1 Å². The van der Waals surface area contributed by atoms with Crippen molar-refractivity contribution < 1.29 is 27.5 Å². The molecule has 12 heteroatoms. The molecule has 0 aliphatic carbocycles. The highest BCUT2D eigenvalue weighted by molar-refractivity contribution is 5.81. The van der Waals surface area contributed by atoms with Gasteiger partial charge in [-0.25, -0.2) is 0 Å². The molecule has 2 aromatic rings. The van der Waals surface area contributed by atoms with Crippen LogP contribution in [0.15, 0.2) is 12.1 Å². The number of esters is 1. The van der Waals surface area contributed by atoms with Gasteiger partial charge < -0.3 is 14.5 Å². The summed E-state index contributed by atoms with van der Waals surface area (Å²) in [5.41, 5.74) is 0.00223. The number of aromatic nitrogens is 4. The van der Waals surface area contributed by atoms with Crippen LogP contribution in [-0.2, 0) is 20.5 Å². The number of carbonyl (C=O) groups is 2. The second-order valence-electron chi connectivity index (χ2n) is 6.92. The minimum absolute atomic E-state index is 0.00223. The maximum absolute atomic E-state index is 13.0. The van der Waals surface area contributed by atoms with Gasteiger partial charge in [0, 0.05) is 26.2 Å². The molecular weight excluding hydrogens is 405 g/mol. The number of halogens is 3. The van der Waals surface area contributed by atoms with Crippen LogP contribution in [0.5, 0.6) is 0 Å². The van der Waals surface area contributed by atoms with Gasteiger partial charge >= 0.3 is 12.1 Å². The first-order valence-electron chi connectivity index (χ1n) is 9.73. The number of nitrogens with zero attached hydrogens (tertiary/aromatic N) is 6. The molecule has 3 rings (SSSR count). The Morgan fingerprint density at radius 2 is 1.83 bits per heavy atom. The molecule has 0 N–H and O–H groups in total. The maximum Gasteiger partial charge on any atom is 0.453 e. The van der Waals surface area contributed by atoms with Gasteiger partial charge in [-0.1, -0.05) is 0 Å². The van der Waals surface area contributed by atoms with Gasteiger partial charge in [0.2, 0.25) is 0 Å². The highest BCUT2D eigenvalue weighted by Gasteiger charge is 2.38. The zero-order valence-electron chi connectivity index (χ0n) is 16.7. The van der Waals surface area contributed by atoms with Crippen molar-refractivity contribution in [2.75, 3.05) is 37.7 Å². The summed E-state index contributed by atoms with van der Waals surface area (Å²) in [4.78, 5) is 27.6. The highest BCUT2D eigenvalue weighted by Crippen LogP contribution is 2.28. The van der Waals surface area contributed by atoms with Crippen LogP contribution in [0.2, 0.25) is 0 Å². The van der Waals surface area contributed by atoms with Crippen LogP contribution >= 0.6 is 0 Å². The third kappa shape index (κ3) is 4.62. The molecule has 1 aliphatic heterocycles. The van der Waals surface area contributed by atoms with Crippen molar-refractivity contribution >= 4 is 23.3 Å². The van der Waals surface area contributed by atoms with E-state index in [1.54, 1.807) is 15.9 Å². The molecule has 0 spiro atoms. The predicted molar refractivity (Wildman–Crippen MR) is 99.6 cm³/mol. The smallest absolute Gasteiger partial charge is 0.453 e. The van der Waals surface area contributed by atoms with E-state index in [0.717, 1.165) is 0 Å². The molecular formula is C18H23F3N6O3. The Balaban J connectivity index is 1.59. The molecule has 2 aromatic heterocycles. The summed E-state index contributed by atoms with van der Waals surface area (Å²) in [5.74, 6) is -1.88. The Bertz CT molecular complexity index is 904. The van der Waals surface area contributed by atoms with Crippen molar-refractivity contribution in [3.8, 4) is 0 Å². The van der Waals surface area contributed by atoms with Crippen molar-refractivity contribution in [2.24, 2.45) is 5.92 Å². The number of carbonyl (C=O) groups excluding carboxylic acids is 2. The average molecular weight is 428 g/mol. The number of hydrogen-bond donors (Lipinski definition) is 0. The first-order valence-corrected chi connectivity index (χ1v) is 9.73. The van der Waals surface area contributed by atoms with E-state index < -0.39 is 18.0 Å². The summed E-state index contributed by atoms with van der Waals surface area (Å²) >= 11 is 0. The molecule has 0 unspecified atom stereocenters. The zero-order valence-corrected chi connectivity index (χ0v) is 16.7. The fourth-order valence-electron chi connectivity index (χ4n) is 3.39. The van der Waals surface area contributed by atoms with Crippen molar-refractivity contribution in [3.63, 3.8) is 0 Å². The lowest BCUT2D eigenvalue weighted by atomic mass is 9.97. The lowest BCUT2D eigenvalue weighted by Gasteiger charge is -2.31. The Morgan fingerprint density at radius 3 is 2.43 bits per heavy atom. The Kier molecular flexibility index (Phi) is 6.42. The molecule has 0 atom stereocenters. The summed E-state index contributed by atoms with van der Waals surface area (Å²) in [7, 11) is 0. The summed E-state index contributed by atoms with van der Waals surface area (Å²) in [6.45, 7) is 5.35. The first-order chi connectivity index (χ1) is 14.2. The second-order valence-corrected chi connectivity index (χ2v) is 6.92. The van der Waals surface area contributed by atoms with Gasteiger partial charge in [0.15, 0.2) is 12.3 Å². The number of alkyl halides is 3. The van der Waals surface area contributed by atoms with Crippen LogP contribution < -0.4 is 4.90 Å². The highest BCUT2D eigenvalue weighted by atomic mass is 19.4. The minimum atomic E-state index is -4.66. The molecule has 0 radical (unpaired) electrons. The SMILES string of the molecule is CCN(CC)C(=O)COC(=O)C1CCN(c2ccc3nnc(C(F)(F)F)n3n2)CC1. The second kappa shape index (κ2) is 8.84. The number of likely N-dealkylation sites (N-methyl/N-ethyl adjacent to an activating group) is 1. The van der Waals surface area contributed by atoms with Crippen LogP contribution in [0.4, 0.5) is 19.0 Å². The van der Waals surface area contributed by atoms with Gasteiger partial charge in [-0.2, -0.15) is 17.7 Å². The van der Waals surface area contributed by atoms with Crippen molar-refractivity contribution in [3.05, 3.63) is 18.0 Å². The summed E-state index contributed by atoms with van der Waals surface area (Å²) in [6.07, 6.45) is -3.76. The number of rotatable bonds is 6. The molecule has 164 valence electrons. The quantitative estimate of drug-likeness (QED) is 0.648. The van der Waals surface area contributed by atoms with E-state index in [4.69, 9.17) is 4.74 Å². The molecule has 0 saturated carbocycles. The van der Waals surface area contributed by atoms with E-state index in [9.17, 15) is 22.8 Å². The lowest BCUT2D eigenvalue weighted by Crippen LogP contribution is -2.39. The third-order valence-corrected chi connectivity index (χ3v) is 5.11. The van der Waals surface area contributed by atoms with Crippen LogP contribution in [0.1, 0.15) is 32.5 Å². The Morgan fingerprint density at radius 1 is 1.17 bits per heavy atom. The van der Waals surface area contributed by atoms with Crippen LogP contribution in [0, 0.1) is 5.92 Å². The van der Waals surface area contributed by atoms with E-state index in [1.165, 1.54) is 6.07 Å². The zero-order chi connectivity index (χ0) is 21.9. The summed E-state index contributed by atoms with van der Waals surface area (Å²) in [6, 6.07) is 3.00. The van der Waals surface area contributed by atoms with Crippen molar-refractivity contribution in [2.45, 2.75) is 32.9 Å². The molecule has 0 bridgehead atoms. The van der Waals surface area contributed by atoms with Gasteiger partial charge in [-0.3, -0.25) is 9.59 Å². The number of hydrogen-bond acceptors (Lipinski definition) is 7. The van der Waals surface area contributed by atoms with Gasteiger partial charge in [-0.15, -0.1) is 15.3 Å². The van der Waals surface area contributed by atoms with Gasteiger partial charge in [-0.05, 0) is 38.8 Å². The topological polar surface area (TPSA) is 92.9 Å². The fourth-order valence-corrected chi connectivity index (χ4v) is 3.39. The van der Waals surface area contributed by atoms with Gasteiger partial charge in [0.05, 0.1) is 5.92 Å². The number of ether oxygens (including phenoxy) is 1. The molecule has 1 amide bonds. The molecule has 3 heterocycles. The summed E-state index contributed by atoms with van der Waals surface area (Å²) < 4.78 is 44.9. The van der Waals surface area contributed by atoms with Crippen LogP contribution in [0.3, 0.4) is 0 Å². The standard InChI is InChI=1S/C18H23F3N6O3/c1-3-25(4-2)15(28)11-30-16(29)12-7-9-26(10-8-12)14-6-5-13-22-23-17(18(19,20)21)27(13)24-14/h5-6,12H,3-4,7-11H2,1-2H3.